The molecule has 1 atom stereocenters. The summed E-state index contributed by atoms with van der Waals surface area (Å²) < 4.78 is 16.1. The molecular weight excluding hydrogens is 449 g/mol. The first-order valence-electron chi connectivity index (χ1n) is 12.2. The van der Waals surface area contributed by atoms with Gasteiger partial charge in [-0.15, -0.1) is 0 Å². The van der Waals surface area contributed by atoms with Gasteiger partial charge in [0.15, 0.2) is 0 Å². The van der Waals surface area contributed by atoms with E-state index in [0.29, 0.717) is 19.3 Å². The topological polar surface area (TPSA) is 50.9 Å². The molecule has 2 aromatic heterocycles. The molecule has 5 aromatic rings. The van der Waals surface area contributed by atoms with Crippen LogP contribution in [0.2, 0.25) is 0 Å². The smallest absolute Gasteiger partial charge is 0.218 e. The first-order valence-corrected chi connectivity index (χ1v) is 12.2. The van der Waals surface area contributed by atoms with Crippen molar-refractivity contribution in [2.24, 2.45) is 0 Å². The third-order valence-electron chi connectivity index (χ3n) is 6.66. The predicted octanol–water partition coefficient (Wildman–Crippen LogP) is 6.31. The SMILES string of the molecule is OC(CCCc1cn(C(c2ccccc2)(c2ccccc2)c2ccccc2)cn1)c1cccnc1F. The van der Waals surface area contributed by atoms with Crippen molar-refractivity contribution in [1.29, 1.82) is 0 Å². The van der Waals surface area contributed by atoms with Crippen LogP contribution in [0.3, 0.4) is 0 Å². The van der Waals surface area contributed by atoms with E-state index in [9.17, 15) is 9.50 Å². The van der Waals surface area contributed by atoms with Crippen LogP contribution >= 0.6 is 0 Å². The first kappa shape index (κ1) is 23.6. The summed E-state index contributed by atoms with van der Waals surface area (Å²) in [4.78, 5) is 8.38. The predicted molar refractivity (Wildman–Crippen MR) is 139 cm³/mol. The first-order chi connectivity index (χ1) is 17.7. The van der Waals surface area contributed by atoms with Crippen molar-refractivity contribution >= 4 is 0 Å². The van der Waals surface area contributed by atoms with Crippen molar-refractivity contribution in [1.82, 2.24) is 14.5 Å². The van der Waals surface area contributed by atoms with E-state index in [2.05, 4.69) is 88.5 Å². The molecule has 1 N–H and O–H groups in total. The van der Waals surface area contributed by atoms with Gasteiger partial charge in [-0.3, -0.25) is 0 Å². The molecule has 36 heavy (non-hydrogen) atoms. The monoisotopic (exact) mass is 477 g/mol. The Morgan fingerprint density at radius 3 is 1.83 bits per heavy atom. The number of aryl methyl sites for hydroxylation is 1. The van der Waals surface area contributed by atoms with Crippen molar-refractivity contribution in [3.8, 4) is 0 Å². The van der Waals surface area contributed by atoms with Gasteiger partial charge in [0.2, 0.25) is 5.95 Å². The fourth-order valence-electron chi connectivity index (χ4n) is 4.94. The zero-order valence-corrected chi connectivity index (χ0v) is 19.9. The highest BCUT2D eigenvalue weighted by atomic mass is 19.1. The molecule has 0 amide bonds. The molecule has 5 rings (SSSR count). The minimum absolute atomic E-state index is 0.235. The van der Waals surface area contributed by atoms with Crippen LogP contribution in [0.5, 0.6) is 0 Å². The average molecular weight is 478 g/mol. The van der Waals surface area contributed by atoms with Gasteiger partial charge in [-0.05, 0) is 42.0 Å². The van der Waals surface area contributed by atoms with Crippen LogP contribution < -0.4 is 0 Å². The van der Waals surface area contributed by atoms with E-state index in [1.807, 2.05) is 24.5 Å². The van der Waals surface area contributed by atoms with Gasteiger partial charge in [0.1, 0.15) is 5.54 Å². The molecular formula is C31H28FN3O. The Balaban J connectivity index is 1.49. The molecule has 180 valence electrons. The lowest BCUT2D eigenvalue weighted by Gasteiger charge is -2.37. The number of benzene rings is 3. The van der Waals surface area contributed by atoms with Crippen LogP contribution in [0.1, 0.15) is 46.9 Å². The molecule has 4 nitrogen and oxygen atoms in total. The van der Waals surface area contributed by atoms with E-state index in [1.54, 1.807) is 12.1 Å². The quantitative estimate of drug-likeness (QED) is 0.200. The maximum atomic E-state index is 13.9. The molecule has 0 fully saturated rings. The van der Waals surface area contributed by atoms with E-state index in [-0.39, 0.29) is 5.56 Å². The van der Waals surface area contributed by atoms with Gasteiger partial charge in [-0.25, -0.2) is 9.97 Å². The highest BCUT2D eigenvalue weighted by Crippen LogP contribution is 2.40. The summed E-state index contributed by atoms with van der Waals surface area (Å²) in [5, 5.41) is 10.5. The van der Waals surface area contributed by atoms with Crippen LogP contribution in [0.25, 0.3) is 0 Å². The summed E-state index contributed by atoms with van der Waals surface area (Å²) >= 11 is 0. The number of pyridine rings is 1. The number of aliphatic hydroxyl groups excluding tert-OH is 1. The number of rotatable bonds is 9. The number of nitrogens with zero attached hydrogens (tertiary/aromatic N) is 3. The number of hydrogen-bond acceptors (Lipinski definition) is 3. The summed E-state index contributed by atoms with van der Waals surface area (Å²) in [5.74, 6) is -0.618. The molecule has 0 aliphatic rings. The molecule has 0 saturated carbocycles. The highest BCUT2D eigenvalue weighted by molar-refractivity contribution is 5.50. The second-order valence-electron chi connectivity index (χ2n) is 8.87. The second kappa shape index (κ2) is 10.7. The Bertz CT molecular complexity index is 1290. The van der Waals surface area contributed by atoms with Crippen LogP contribution in [-0.2, 0) is 12.0 Å². The van der Waals surface area contributed by atoms with Gasteiger partial charge in [0, 0.05) is 18.0 Å². The largest absolute Gasteiger partial charge is 0.388 e. The Morgan fingerprint density at radius 1 is 0.750 bits per heavy atom. The number of hydrogen-bond donors (Lipinski definition) is 1. The average Bonchev–Trinajstić information content (AvgIpc) is 3.40. The zero-order chi connectivity index (χ0) is 24.8. The molecule has 0 radical (unpaired) electrons. The molecule has 1 unspecified atom stereocenters. The summed E-state index contributed by atoms with van der Waals surface area (Å²) in [6, 6.07) is 34.6. The molecule has 5 heteroatoms. The van der Waals surface area contributed by atoms with Gasteiger partial charge in [-0.1, -0.05) is 97.1 Å². The second-order valence-corrected chi connectivity index (χ2v) is 8.87. The molecule has 2 heterocycles. The summed E-state index contributed by atoms with van der Waals surface area (Å²) in [6.07, 6.45) is 6.23. The fraction of sp³-hybridized carbons (Fsp3) is 0.161. The number of imidazole rings is 1. The van der Waals surface area contributed by atoms with Crippen molar-refractivity contribution in [3.05, 3.63) is 156 Å². The van der Waals surface area contributed by atoms with Gasteiger partial charge in [-0.2, -0.15) is 4.39 Å². The highest BCUT2D eigenvalue weighted by Gasteiger charge is 2.38. The van der Waals surface area contributed by atoms with Crippen molar-refractivity contribution in [3.63, 3.8) is 0 Å². The molecule has 3 aromatic carbocycles. The van der Waals surface area contributed by atoms with Gasteiger partial charge in [0.25, 0.3) is 0 Å². The van der Waals surface area contributed by atoms with Crippen molar-refractivity contribution < 1.29 is 9.50 Å². The number of halogens is 1. The van der Waals surface area contributed by atoms with Gasteiger partial charge >= 0.3 is 0 Å². The van der Waals surface area contributed by atoms with E-state index in [4.69, 9.17) is 4.98 Å². The minimum atomic E-state index is -0.891. The molecule has 0 saturated heterocycles. The number of aliphatic hydroxyl groups is 1. The zero-order valence-electron chi connectivity index (χ0n) is 19.9. The Labute approximate surface area is 210 Å². The molecule has 0 aliphatic carbocycles. The Morgan fingerprint density at radius 2 is 1.31 bits per heavy atom. The number of aromatic nitrogens is 3. The van der Waals surface area contributed by atoms with E-state index in [0.717, 1.165) is 22.4 Å². The molecule has 0 bridgehead atoms. The minimum Gasteiger partial charge on any atom is -0.388 e. The summed E-state index contributed by atoms with van der Waals surface area (Å²) in [6.45, 7) is 0. The van der Waals surface area contributed by atoms with Crippen LogP contribution in [-0.4, -0.2) is 19.6 Å². The normalized spacial score (nSPS) is 12.4. The molecule has 0 aliphatic heterocycles. The van der Waals surface area contributed by atoms with Crippen molar-refractivity contribution in [2.45, 2.75) is 30.9 Å². The Kier molecular flexibility index (Phi) is 7.01. The Hall–Kier alpha value is -4.09. The van der Waals surface area contributed by atoms with Crippen LogP contribution in [0, 0.1) is 5.95 Å². The molecule has 0 spiro atoms. The summed E-state index contributed by atoms with van der Waals surface area (Å²) in [7, 11) is 0. The third-order valence-corrected chi connectivity index (χ3v) is 6.66. The lowest BCUT2D eigenvalue weighted by atomic mass is 9.77. The van der Waals surface area contributed by atoms with E-state index in [1.165, 1.54) is 6.20 Å². The summed E-state index contributed by atoms with van der Waals surface area (Å²) in [5.41, 5.74) is 3.95. The van der Waals surface area contributed by atoms with Gasteiger partial charge < -0.3 is 9.67 Å². The lowest BCUT2D eigenvalue weighted by Crippen LogP contribution is -2.36. The maximum Gasteiger partial charge on any atom is 0.218 e. The van der Waals surface area contributed by atoms with E-state index >= 15 is 0 Å². The van der Waals surface area contributed by atoms with Crippen LogP contribution in [0.4, 0.5) is 4.39 Å². The van der Waals surface area contributed by atoms with Crippen LogP contribution in [0.15, 0.2) is 122 Å². The fourth-order valence-corrected chi connectivity index (χ4v) is 4.94. The third kappa shape index (κ3) is 4.58. The maximum absolute atomic E-state index is 13.9. The van der Waals surface area contributed by atoms with Gasteiger partial charge in [0.05, 0.1) is 18.1 Å². The lowest BCUT2D eigenvalue weighted by molar-refractivity contribution is 0.159. The standard InChI is InChI=1S/C31H28FN3O/c32-30-28(19-11-21-33-30)29(36)20-10-18-27-22-35(23-34-27)31(24-12-4-1-5-13-24,25-14-6-2-7-15-25)26-16-8-3-9-17-26/h1-9,11-17,19,21-23,29,36H,10,18,20H2. The van der Waals surface area contributed by atoms with E-state index < -0.39 is 17.6 Å². The van der Waals surface area contributed by atoms with Crippen molar-refractivity contribution in [2.75, 3.05) is 0 Å².